The number of nitrogens with one attached hydrogen (secondary N) is 1. The molecule has 1 unspecified atom stereocenters. The smallest absolute Gasteiger partial charge is 0.197 e. The number of fused-ring (bicyclic) bond motifs is 1. The van der Waals surface area contributed by atoms with Crippen molar-refractivity contribution in [2.75, 3.05) is 44.9 Å². The Morgan fingerprint density at radius 2 is 2.14 bits per heavy atom. The highest BCUT2D eigenvalue weighted by Crippen LogP contribution is 2.41. The molecule has 1 N–H and O–H groups in total. The van der Waals surface area contributed by atoms with Crippen LogP contribution in [0.15, 0.2) is 18.6 Å². The second-order valence-electron chi connectivity index (χ2n) is 9.28. The molecule has 1 aliphatic heterocycles. The van der Waals surface area contributed by atoms with E-state index in [1.165, 1.54) is 6.33 Å². The lowest BCUT2D eigenvalue weighted by Crippen LogP contribution is -2.52. The van der Waals surface area contributed by atoms with Crippen LogP contribution in [0.4, 0.5) is 9.39 Å². The number of pyridine rings is 1. The highest BCUT2D eigenvalue weighted by atomic mass is 32.1. The van der Waals surface area contributed by atoms with Gasteiger partial charge in [-0.2, -0.15) is 10.2 Å². The number of aryl methyl sites for hydroxylation is 1. The van der Waals surface area contributed by atoms with Gasteiger partial charge in [0, 0.05) is 49.5 Å². The summed E-state index contributed by atoms with van der Waals surface area (Å²) in [5.41, 5.74) is 5.49. The Morgan fingerprint density at radius 1 is 1.31 bits per heavy atom. The molecule has 0 aliphatic carbocycles. The quantitative estimate of drug-likeness (QED) is 0.409. The lowest BCUT2D eigenvalue weighted by atomic mass is 9.97. The number of aromatic amines is 1. The number of H-pyrrole nitrogens is 1. The number of hydrogen-bond donors (Lipinski definition) is 1. The van der Waals surface area contributed by atoms with Gasteiger partial charge in [-0.25, -0.2) is 18.9 Å². The fourth-order valence-electron chi connectivity index (χ4n) is 4.89. The molecular weight excluding hydrogens is 467 g/mol. The number of piperazine rings is 1. The van der Waals surface area contributed by atoms with Gasteiger partial charge in [-0.3, -0.25) is 10.00 Å². The fourth-order valence-corrected chi connectivity index (χ4v) is 6.09. The molecule has 1 atom stereocenters. The normalized spacial score (nSPS) is 17.1. The molecule has 1 fully saturated rings. The number of hydrogen-bond acceptors (Lipinski definition) is 8. The van der Waals surface area contributed by atoms with E-state index in [-0.39, 0.29) is 12.6 Å². The zero-order valence-corrected chi connectivity index (χ0v) is 21.6. The molecule has 0 saturated carbocycles. The summed E-state index contributed by atoms with van der Waals surface area (Å²) < 4.78 is 20.1. The Labute approximate surface area is 208 Å². The Kier molecular flexibility index (Phi) is 6.45. The third-order valence-corrected chi connectivity index (χ3v) is 7.78. The van der Waals surface area contributed by atoms with E-state index in [4.69, 9.17) is 14.8 Å². The van der Waals surface area contributed by atoms with Crippen LogP contribution >= 0.6 is 11.3 Å². The number of halogens is 1. The molecule has 5 rings (SSSR count). The van der Waals surface area contributed by atoms with Crippen LogP contribution in [-0.2, 0) is 0 Å². The molecule has 0 radical (unpaired) electrons. The molecule has 0 bridgehead atoms. The van der Waals surface area contributed by atoms with Crippen molar-refractivity contribution in [3.8, 4) is 27.7 Å². The Morgan fingerprint density at radius 3 is 2.86 bits per heavy atom. The monoisotopic (exact) mass is 498 g/mol. The number of methoxy groups -OCH3 is 1. The first-order valence-corrected chi connectivity index (χ1v) is 12.7. The molecule has 4 aromatic rings. The number of thiazole rings is 1. The number of nitrogens with zero attached hydrogens (tertiary/aromatic N) is 7. The van der Waals surface area contributed by atoms with Crippen molar-refractivity contribution in [3.05, 3.63) is 29.8 Å². The molecular formula is C24H31FN8OS. The number of alkyl halides is 1. The van der Waals surface area contributed by atoms with Crippen molar-refractivity contribution in [1.82, 2.24) is 34.7 Å². The summed E-state index contributed by atoms with van der Waals surface area (Å²) in [7, 11) is 1.63. The Bertz CT molecular complexity index is 1330. The molecule has 9 nitrogen and oxygen atoms in total. The third-order valence-electron chi connectivity index (χ3n) is 6.58. The molecule has 5 heterocycles. The largest absolute Gasteiger partial charge is 0.493 e. The van der Waals surface area contributed by atoms with Gasteiger partial charge in [0.1, 0.15) is 28.7 Å². The van der Waals surface area contributed by atoms with Crippen LogP contribution in [0.1, 0.15) is 37.9 Å². The fraction of sp³-hybridized carbons (Fsp3) is 0.500. The minimum absolute atomic E-state index is 0.215. The summed E-state index contributed by atoms with van der Waals surface area (Å²) in [4.78, 5) is 13.8. The van der Waals surface area contributed by atoms with Crippen LogP contribution in [0, 0.1) is 6.92 Å². The van der Waals surface area contributed by atoms with Gasteiger partial charge < -0.3 is 9.64 Å². The van der Waals surface area contributed by atoms with Crippen LogP contribution in [0.25, 0.3) is 27.6 Å². The second kappa shape index (κ2) is 9.54. The topological polar surface area (TPSA) is 87.5 Å². The average Bonchev–Trinajstić information content (AvgIpc) is 3.56. The van der Waals surface area contributed by atoms with Crippen molar-refractivity contribution < 1.29 is 9.13 Å². The van der Waals surface area contributed by atoms with Crippen molar-refractivity contribution in [3.63, 3.8) is 0 Å². The summed E-state index contributed by atoms with van der Waals surface area (Å²) in [5, 5.41) is 14.3. The highest BCUT2D eigenvalue weighted by Gasteiger charge is 2.29. The SMILES string of the molecule is COc1cc(-c2[nH]nc(-c3nc(C)c(N4CCN(CCF)CC4C)s3)c2C(C)C)cn2ncnc12. The lowest BCUT2D eigenvalue weighted by Gasteiger charge is -2.40. The van der Waals surface area contributed by atoms with E-state index in [2.05, 4.69) is 52.7 Å². The predicted octanol–water partition coefficient (Wildman–Crippen LogP) is 4.16. The van der Waals surface area contributed by atoms with Crippen LogP contribution < -0.4 is 9.64 Å². The summed E-state index contributed by atoms with van der Waals surface area (Å²) >= 11 is 1.68. The second-order valence-corrected chi connectivity index (χ2v) is 10.3. The van der Waals surface area contributed by atoms with Crippen LogP contribution in [0.5, 0.6) is 5.75 Å². The molecule has 35 heavy (non-hydrogen) atoms. The molecule has 0 aromatic carbocycles. The minimum Gasteiger partial charge on any atom is -0.493 e. The van der Waals surface area contributed by atoms with Crippen molar-refractivity contribution >= 4 is 22.0 Å². The number of ether oxygens (including phenoxy) is 1. The van der Waals surface area contributed by atoms with E-state index >= 15 is 0 Å². The van der Waals surface area contributed by atoms with E-state index in [0.717, 1.165) is 57.9 Å². The van der Waals surface area contributed by atoms with Crippen LogP contribution in [0.3, 0.4) is 0 Å². The van der Waals surface area contributed by atoms with Gasteiger partial charge in [0.05, 0.1) is 18.5 Å². The van der Waals surface area contributed by atoms with E-state index in [1.807, 2.05) is 12.3 Å². The number of aromatic nitrogens is 6. The van der Waals surface area contributed by atoms with Gasteiger partial charge >= 0.3 is 0 Å². The maximum atomic E-state index is 12.8. The Hall–Kier alpha value is -3.05. The molecule has 1 saturated heterocycles. The van der Waals surface area contributed by atoms with Gasteiger partial charge in [0.15, 0.2) is 11.4 Å². The van der Waals surface area contributed by atoms with Crippen LogP contribution in [-0.4, -0.2) is 80.7 Å². The van der Waals surface area contributed by atoms with Gasteiger partial charge in [-0.15, -0.1) is 0 Å². The summed E-state index contributed by atoms with van der Waals surface area (Å²) in [5.74, 6) is 0.867. The molecule has 0 amide bonds. The molecule has 1 aliphatic rings. The first-order chi connectivity index (χ1) is 16.9. The standard InChI is InChI=1S/C24H31FN8OS/c1-14(2)19-20(17-10-18(34-5)22-26-13-27-33(22)12-17)29-30-21(19)23-28-16(4)24(35-23)32-9-8-31(7-6-25)11-15(32)3/h10,12-15H,6-9,11H2,1-5H3,(H,29,30). The summed E-state index contributed by atoms with van der Waals surface area (Å²) in [6.07, 6.45) is 3.45. The van der Waals surface area contributed by atoms with E-state index in [1.54, 1.807) is 23.0 Å². The maximum Gasteiger partial charge on any atom is 0.197 e. The first-order valence-electron chi connectivity index (χ1n) is 11.9. The van der Waals surface area contributed by atoms with Gasteiger partial charge in [-0.05, 0) is 25.8 Å². The third kappa shape index (κ3) is 4.27. The van der Waals surface area contributed by atoms with Gasteiger partial charge in [0.25, 0.3) is 0 Å². The van der Waals surface area contributed by atoms with Crippen LogP contribution in [0.2, 0.25) is 0 Å². The molecule has 186 valence electrons. The first kappa shape index (κ1) is 23.7. The molecule has 11 heteroatoms. The highest BCUT2D eigenvalue weighted by molar-refractivity contribution is 7.19. The van der Waals surface area contributed by atoms with Crippen molar-refractivity contribution in [2.45, 2.75) is 39.7 Å². The van der Waals surface area contributed by atoms with Crippen molar-refractivity contribution in [2.24, 2.45) is 0 Å². The number of rotatable bonds is 7. The zero-order chi connectivity index (χ0) is 24.7. The van der Waals surface area contributed by atoms with Crippen molar-refractivity contribution in [1.29, 1.82) is 0 Å². The summed E-state index contributed by atoms with van der Waals surface area (Å²) in [6, 6.07) is 2.26. The maximum absolute atomic E-state index is 12.8. The molecule has 4 aromatic heterocycles. The van der Waals surface area contributed by atoms with Gasteiger partial charge in [0.2, 0.25) is 0 Å². The summed E-state index contributed by atoms with van der Waals surface area (Å²) in [6.45, 7) is 11.4. The predicted molar refractivity (Wildman–Crippen MR) is 136 cm³/mol. The van der Waals surface area contributed by atoms with E-state index in [0.29, 0.717) is 24.0 Å². The van der Waals surface area contributed by atoms with E-state index in [9.17, 15) is 4.39 Å². The van der Waals surface area contributed by atoms with E-state index < -0.39 is 0 Å². The zero-order valence-electron chi connectivity index (χ0n) is 20.7. The van der Waals surface area contributed by atoms with Gasteiger partial charge in [-0.1, -0.05) is 25.2 Å². The lowest BCUT2D eigenvalue weighted by molar-refractivity contribution is 0.211. The average molecular weight is 499 g/mol. The number of anilines is 1. The molecule has 0 spiro atoms. The Balaban J connectivity index is 1.52. The minimum atomic E-state index is -0.300.